The fourth-order valence-corrected chi connectivity index (χ4v) is 3.36. The third-order valence-corrected chi connectivity index (χ3v) is 4.92. The van der Waals surface area contributed by atoms with Crippen LogP contribution in [0.25, 0.3) is 22.3 Å². The van der Waals surface area contributed by atoms with Gasteiger partial charge in [0.15, 0.2) is 5.65 Å². The minimum absolute atomic E-state index is 0.152. The highest BCUT2D eigenvalue weighted by atomic mass is 35.5. The fraction of sp³-hybridized carbons (Fsp3) is 0.200. The number of anilines is 2. The first kappa shape index (κ1) is 20.5. The van der Waals surface area contributed by atoms with Crippen molar-refractivity contribution in [3.05, 3.63) is 52.0 Å². The van der Waals surface area contributed by atoms with Crippen LogP contribution in [0.15, 0.2) is 41.5 Å². The molecule has 4 aromatic heterocycles. The van der Waals surface area contributed by atoms with Gasteiger partial charge in [0.25, 0.3) is 5.56 Å². The van der Waals surface area contributed by atoms with Gasteiger partial charge in [-0.3, -0.25) is 14.3 Å². The smallest absolute Gasteiger partial charge is 0.260 e. The van der Waals surface area contributed by atoms with Gasteiger partial charge in [0.1, 0.15) is 10.5 Å². The first-order valence-electron chi connectivity index (χ1n) is 9.30. The van der Waals surface area contributed by atoms with Crippen LogP contribution in [-0.2, 0) is 6.54 Å². The molecule has 0 aromatic carbocycles. The van der Waals surface area contributed by atoms with Gasteiger partial charge >= 0.3 is 0 Å². The van der Waals surface area contributed by atoms with Gasteiger partial charge in [-0.15, -0.1) is 10.2 Å². The summed E-state index contributed by atoms with van der Waals surface area (Å²) in [6.07, 6.45) is 3.29. The molecule has 0 spiro atoms. The molecule has 4 rings (SSSR count). The van der Waals surface area contributed by atoms with Gasteiger partial charge in [-0.25, -0.2) is 0 Å². The second kappa shape index (κ2) is 8.52. The Morgan fingerprint density at radius 2 is 1.84 bits per heavy atom. The molecule has 0 unspecified atom stereocenters. The summed E-state index contributed by atoms with van der Waals surface area (Å²) in [5, 5.41) is 11.6. The molecule has 1 N–H and O–H groups in total. The molecule has 11 heteroatoms. The van der Waals surface area contributed by atoms with E-state index in [1.54, 1.807) is 36.7 Å². The monoisotopic (exact) mass is 439 g/mol. The minimum Gasteiger partial charge on any atom is -0.481 e. The standard InChI is InChI=1S/C20H18ClN7O3/c1-4-28-17-14(26-27-20(25-17)23-11-5-7-22-8-6-11)9-13(19(28)29)12-10-15(30-2)24-18(31-3)16(12)21/h5-10H,4H2,1-3H3,(H,22,23,25,27). The van der Waals surface area contributed by atoms with Gasteiger partial charge in [-0.05, 0) is 25.1 Å². The van der Waals surface area contributed by atoms with Gasteiger partial charge < -0.3 is 14.8 Å². The number of nitrogens with zero attached hydrogens (tertiary/aromatic N) is 6. The van der Waals surface area contributed by atoms with Crippen LogP contribution in [0, 0.1) is 0 Å². The Hall–Kier alpha value is -3.79. The number of aryl methyl sites for hydroxylation is 1. The van der Waals surface area contributed by atoms with E-state index in [1.165, 1.54) is 18.8 Å². The molecule has 0 amide bonds. The van der Waals surface area contributed by atoms with Crippen molar-refractivity contribution in [3.8, 4) is 22.9 Å². The maximum absolute atomic E-state index is 13.3. The summed E-state index contributed by atoms with van der Waals surface area (Å²) in [4.78, 5) is 25.9. The molecule has 0 bridgehead atoms. The summed E-state index contributed by atoms with van der Waals surface area (Å²) in [5.41, 5.74) is 2.02. The van der Waals surface area contributed by atoms with E-state index in [-0.39, 0.29) is 28.3 Å². The van der Waals surface area contributed by atoms with E-state index in [9.17, 15) is 4.79 Å². The lowest BCUT2D eigenvalue weighted by Crippen LogP contribution is -2.23. The summed E-state index contributed by atoms with van der Waals surface area (Å²) >= 11 is 6.45. The zero-order valence-corrected chi connectivity index (χ0v) is 17.7. The van der Waals surface area contributed by atoms with Crippen molar-refractivity contribution in [2.24, 2.45) is 0 Å². The average molecular weight is 440 g/mol. The Balaban J connectivity index is 1.89. The highest BCUT2D eigenvalue weighted by Crippen LogP contribution is 2.36. The van der Waals surface area contributed by atoms with Crippen LogP contribution in [0.5, 0.6) is 11.8 Å². The molecule has 158 valence electrons. The Morgan fingerprint density at radius 3 is 2.52 bits per heavy atom. The predicted molar refractivity (Wildman–Crippen MR) is 116 cm³/mol. The quantitative estimate of drug-likeness (QED) is 0.483. The summed E-state index contributed by atoms with van der Waals surface area (Å²) in [7, 11) is 2.91. The highest BCUT2D eigenvalue weighted by Gasteiger charge is 2.20. The van der Waals surface area contributed by atoms with Crippen LogP contribution in [0.1, 0.15) is 6.92 Å². The van der Waals surface area contributed by atoms with Crippen LogP contribution >= 0.6 is 11.6 Å². The average Bonchev–Trinajstić information content (AvgIpc) is 2.80. The summed E-state index contributed by atoms with van der Waals surface area (Å²) in [6, 6.07) is 6.72. The van der Waals surface area contributed by atoms with Crippen molar-refractivity contribution in [3.63, 3.8) is 0 Å². The van der Waals surface area contributed by atoms with Crippen LogP contribution in [-0.4, -0.2) is 43.9 Å². The number of hydrogen-bond acceptors (Lipinski definition) is 9. The molecular formula is C20H18ClN7O3. The Labute approximate surface area is 181 Å². The molecule has 0 fully saturated rings. The van der Waals surface area contributed by atoms with E-state index in [4.69, 9.17) is 21.1 Å². The Kier molecular flexibility index (Phi) is 5.63. The molecule has 10 nitrogen and oxygen atoms in total. The van der Waals surface area contributed by atoms with E-state index in [1.807, 2.05) is 6.92 Å². The number of hydrogen-bond donors (Lipinski definition) is 1. The molecular weight excluding hydrogens is 422 g/mol. The number of pyridine rings is 3. The fourth-order valence-electron chi connectivity index (χ4n) is 3.08. The first-order chi connectivity index (χ1) is 15.0. The van der Waals surface area contributed by atoms with Crippen molar-refractivity contribution >= 4 is 34.4 Å². The van der Waals surface area contributed by atoms with Crippen molar-refractivity contribution in [1.82, 2.24) is 29.7 Å². The Bertz CT molecular complexity index is 1310. The van der Waals surface area contributed by atoms with E-state index >= 15 is 0 Å². The van der Waals surface area contributed by atoms with Gasteiger partial charge in [0, 0.05) is 36.3 Å². The molecule has 31 heavy (non-hydrogen) atoms. The summed E-state index contributed by atoms with van der Waals surface area (Å²) < 4.78 is 11.9. The van der Waals surface area contributed by atoms with Crippen LogP contribution in [0.4, 0.5) is 11.6 Å². The number of methoxy groups -OCH3 is 2. The van der Waals surface area contributed by atoms with E-state index in [2.05, 4.69) is 30.5 Å². The van der Waals surface area contributed by atoms with Crippen LogP contribution < -0.4 is 20.3 Å². The maximum atomic E-state index is 13.3. The van der Waals surface area contributed by atoms with Gasteiger partial charge in [0.2, 0.25) is 17.7 Å². The molecule has 4 heterocycles. The zero-order chi connectivity index (χ0) is 22.0. The number of halogens is 1. The van der Waals surface area contributed by atoms with Gasteiger partial charge in [0.05, 0.1) is 19.8 Å². The van der Waals surface area contributed by atoms with Crippen LogP contribution in [0.2, 0.25) is 5.02 Å². The SMILES string of the molecule is CCn1c(=O)c(-c2cc(OC)nc(OC)c2Cl)cc2nnc(Nc3ccncc3)nc21. The molecule has 0 atom stereocenters. The van der Waals surface area contributed by atoms with Crippen molar-refractivity contribution in [2.75, 3.05) is 19.5 Å². The second-order valence-corrected chi connectivity index (χ2v) is 6.73. The number of fused-ring (bicyclic) bond motifs is 1. The van der Waals surface area contributed by atoms with Gasteiger partial charge in [-0.1, -0.05) is 11.6 Å². The third kappa shape index (κ3) is 3.84. The number of rotatable bonds is 6. The molecule has 0 radical (unpaired) electrons. The normalized spacial score (nSPS) is 10.8. The lowest BCUT2D eigenvalue weighted by atomic mass is 10.1. The lowest BCUT2D eigenvalue weighted by Gasteiger charge is -2.13. The third-order valence-electron chi connectivity index (χ3n) is 4.55. The van der Waals surface area contributed by atoms with Crippen molar-refractivity contribution in [1.29, 1.82) is 0 Å². The molecule has 0 saturated carbocycles. The maximum Gasteiger partial charge on any atom is 0.260 e. The van der Waals surface area contributed by atoms with E-state index in [0.717, 1.165) is 5.69 Å². The van der Waals surface area contributed by atoms with Crippen molar-refractivity contribution < 1.29 is 9.47 Å². The number of ether oxygens (including phenoxy) is 2. The first-order valence-corrected chi connectivity index (χ1v) is 9.67. The summed E-state index contributed by atoms with van der Waals surface area (Å²) in [5.74, 6) is 0.679. The summed E-state index contributed by atoms with van der Waals surface area (Å²) in [6.45, 7) is 2.21. The predicted octanol–water partition coefficient (Wildman–Crippen LogP) is 3.08. The lowest BCUT2D eigenvalue weighted by molar-refractivity contribution is 0.365. The van der Waals surface area contributed by atoms with Gasteiger partial charge in [-0.2, -0.15) is 9.97 Å². The largest absolute Gasteiger partial charge is 0.481 e. The number of nitrogens with one attached hydrogen (secondary N) is 1. The van der Waals surface area contributed by atoms with E-state index < -0.39 is 0 Å². The molecule has 0 aliphatic heterocycles. The molecule has 0 aliphatic carbocycles. The topological polar surface area (TPSA) is 117 Å². The second-order valence-electron chi connectivity index (χ2n) is 6.35. The van der Waals surface area contributed by atoms with Crippen molar-refractivity contribution in [2.45, 2.75) is 13.5 Å². The number of aromatic nitrogens is 6. The zero-order valence-electron chi connectivity index (χ0n) is 17.0. The molecule has 0 saturated heterocycles. The van der Waals surface area contributed by atoms with Crippen LogP contribution in [0.3, 0.4) is 0 Å². The minimum atomic E-state index is -0.289. The Morgan fingerprint density at radius 1 is 1.06 bits per heavy atom. The highest BCUT2D eigenvalue weighted by molar-refractivity contribution is 6.34. The molecule has 4 aromatic rings. The molecule has 0 aliphatic rings. The van der Waals surface area contributed by atoms with E-state index in [0.29, 0.717) is 28.8 Å².